The van der Waals surface area contributed by atoms with Crippen LogP contribution in [0.25, 0.3) is 0 Å². The minimum absolute atomic E-state index is 0.179. The number of benzene rings is 1. The third-order valence-corrected chi connectivity index (χ3v) is 4.88. The molecule has 1 heterocycles. The van der Waals surface area contributed by atoms with Gasteiger partial charge in [-0.15, -0.1) is 0 Å². The Morgan fingerprint density at radius 2 is 1.88 bits per heavy atom. The Balaban J connectivity index is 0.000000891. The molecule has 1 aromatic carbocycles. The summed E-state index contributed by atoms with van der Waals surface area (Å²) in [5, 5.41) is 6.89. The quantitative estimate of drug-likeness (QED) is 0.815. The van der Waals surface area contributed by atoms with Crippen LogP contribution in [-0.2, 0) is 4.79 Å². The Morgan fingerprint density at radius 1 is 1.33 bits per heavy atom. The molecule has 3 N–H and O–H groups in total. The third-order valence-electron chi connectivity index (χ3n) is 4.88. The van der Waals surface area contributed by atoms with Crippen LogP contribution in [0.4, 0.5) is 0 Å². The number of rotatable bonds is 4. The Morgan fingerprint density at radius 3 is 2.33 bits per heavy atom. The van der Waals surface area contributed by atoms with E-state index >= 15 is 0 Å². The summed E-state index contributed by atoms with van der Waals surface area (Å²) in [6, 6.07) is 10.7. The largest absolute Gasteiger partial charge is 0.483 e. The maximum absolute atomic E-state index is 8.36. The van der Waals surface area contributed by atoms with Gasteiger partial charge < -0.3 is 10.8 Å². The van der Waals surface area contributed by atoms with E-state index in [1.807, 2.05) is 0 Å². The highest BCUT2D eigenvalue weighted by atomic mass is 16.3. The van der Waals surface area contributed by atoms with Crippen molar-refractivity contribution in [1.82, 2.24) is 4.90 Å². The third kappa shape index (κ3) is 5.91. The van der Waals surface area contributed by atoms with Crippen molar-refractivity contribution in [3.63, 3.8) is 0 Å². The molecule has 2 unspecified atom stereocenters. The Kier molecular flexibility index (Phi) is 7.43. The predicted molar refractivity (Wildman–Crippen MR) is 99.9 cm³/mol. The number of carboxylic acid groups (broad SMARTS) is 1. The molecule has 0 aromatic heterocycles. The van der Waals surface area contributed by atoms with Crippen molar-refractivity contribution in [3.05, 3.63) is 35.9 Å². The molecule has 0 amide bonds. The van der Waals surface area contributed by atoms with Gasteiger partial charge >= 0.3 is 0 Å². The van der Waals surface area contributed by atoms with Gasteiger partial charge in [0.25, 0.3) is 6.47 Å². The smallest absolute Gasteiger partial charge is 0.290 e. The molecule has 1 fully saturated rings. The van der Waals surface area contributed by atoms with Crippen molar-refractivity contribution >= 4 is 6.47 Å². The summed E-state index contributed by atoms with van der Waals surface area (Å²) in [6.07, 6.45) is 3.60. The van der Waals surface area contributed by atoms with Crippen molar-refractivity contribution in [2.75, 3.05) is 6.54 Å². The average molecular weight is 335 g/mol. The normalized spacial score (nSPS) is 21.7. The molecule has 24 heavy (non-hydrogen) atoms. The molecule has 4 nitrogen and oxygen atoms in total. The Hall–Kier alpha value is -1.39. The number of nitrogens with zero attached hydrogens (tertiary/aromatic N) is 1. The minimum Gasteiger partial charge on any atom is -0.483 e. The van der Waals surface area contributed by atoms with Crippen molar-refractivity contribution in [2.24, 2.45) is 11.7 Å². The van der Waals surface area contributed by atoms with Crippen LogP contribution >= 0.6 is 0 Å². The molecule has 136 valence electrons. The highest BCUT2D eigenvalue weighted by molar-refractivity contribution is 5.32. The highest BCUT2D eigenvalue weighted by Gasteiger charge is 2.43. The summed E-state index contributed by atoms with van der Waals surface area (Å²) in [7, 11) is 0. The van der Waals surface area contributed by atoms with E-state index in [0.717, 1.165) is 12.3 Å². The molecule has 0 aliphatic carbocycles. The molecule has 1 aliphatic heterocycles. The van der Waals surface area contributed by atoms with Crippen LogP contribution in [0.5, 0.6) is 0 Å². The van der Waals surface area contributed by atoms with Gasteiger partial charge in [-0.1, -0.05) is 30.3 Å². The van der Waals surface area contributed by atoms with Gasteiger partial charge in [-0.3, -0.25) is 9.69 Å². The maximum atomic E-state index is 8.36. The SMILES string of the molecule is CC(C)(C)N1CC(CCC(N)c2ccccc2)CC1(C)C.O=CO. The van der Waals surface area contributed by atoms with Gasteiger partial charge in [0.1, 0.15) is 0 Å². The van der Waals surface area contributed by atoms with Gasteiger partial charge in [-0.25, -0.2) is 0 Å². The predicted octanol–water partition coefficient (Wildman–Crippen LogP) is 4.07. The van der Waals surface area contributed by atoms with Crippen molar-refractivity contribution in [2.45, 2.75) is 71.0 Å². The molecule has 1 aliphatic rings. The van der Waals surface area contributed by atoms with E-state index in [1.54, 1.807) is 0 Å². The lowest BCUT2D eigenvalue weighted by atomic mass is 9.90. The second-order valence-corrected chi connectivity index (χ2v) is 8.36. The van der Waals surface area contributed by atoms with Crippen LogP contribution in [0.15, 0.2) is 30.3 Å². The summed E-state index contributed by atoms with van der Waals surface area (Å²) in [5.74, 6) is 0.772. The number of nitrogens with two attached hydrogens (primary N) is 1. The second kappa shape index (κ2) is 8.63. The lowest BCUT2D eigenvalue weighted by molar-refractivity contribution is -0.122. The van der Waals surface area contributed by atoms with Gasteiger partial charge in [-0.05, 0) is 65.4 Å². The zero-order chi connectivity index (χ0) is 18.4. The number of hydrogen-bond donors (Lipinski definition) is 2. The van der Waals surface area contributed by atoms with Crippen LogP contribution in [0, 0.1) is 5.92 Å². The monoisotopic (exact) mass is 334 g/mol. The lowest BCUT2D eigenvalue weighted by Crippen LogP contribution is -2.50. The topological polar surface area (TPSA) is 66.6 Å². The van der Waals surface area contributed by atoms with Crippen molar-refractivity contribution in [3.8, 4) is 0 Å². The van der Waals surface area contributed by atoms with E-state index in [2.05, 4.69) is 69.9 Å². The number of carbonyl (C=O) groups is 1. The molecule has 2 atom stereocenters. The molecule has 4 heteroatoms. The lowest BCUT2D eigenvalue weighted by Gasteiger charge is -2.42. The van der Waals surface area contributed by atoms with Gasteiger partial charge in [0, 0.05) is 23.7 Å². The van der Waals surface area contributed by atoms with E-state index in [1.165, 1.54) is 24.9 Å². The van der Waals surface area contributed by atoms with E-state index < -0.39 is 0 Å². The van der Waals surface area contributed by atoms with E-state index in [9.17, 15) is 0 Å². The maximum Gasteiger partial charge on any atom is 0.290 e. The van der Waals surface area contributed by atoms with Gasteiger partial charge in [0.2, 0.25) is 0 Å². The summed E-state index contributed by atoms with van der Waals surface area (Å²) < 4.78 is 0. The van der Waals surface area contributed by atoms with Crippen LogP contribution in [-0.4, -0.2) is 34.1 Å². The summed E-state index contributed by atoms with van der Waals surface area (Å²) in [6.45, 7) is 12.7. The standard InChI is InChI=1S/C19H32N2.CH2O2/c1-18(2,3)21-14-15(13-19(21,4)5)11-12-17(20)16-9-7-6-8-10-16;2-1-3/h6-10,15,17H,11-14,20H2,1-5H3;1H,(H,2,3). The molecule has 2 rings (SSSR count). The first kappa shape index (κ1) is 20.7. The number of likely N-dealkylation sites (tertiary alicyclic amines) is 1. The first-order valence-electron chi connectivity index (χ1n) is 8.78. The fourth-order valence-corrected chi connectivity index (χ4v) is 4.04. The van der Waals surface area contributed by atoms with E-state index in [-0.39, 0.29) is 18.1 Å². The van der Waals surface area contributed by atoms with Crippen LogP contribution in [0.3, 0.4) is 0 Å². The Bertz CT molecular complexity index is 494. The molecule has 1 saturated heterocycles. The van der Waals surface area contributed by atoms with Gasteiger partial charge in [0.15, 0.2) is 0 Å². The molecule has 0 radical (unpaired) electrons. The Labute approximate surface area is 147 Å². The zero-order valence-corrected chi connectivity index (χ0v) is 15.8. The first-order valence-corrected chi connectivity index (χ1v) is 8.78. The number of hydrogen-bond acceptors (Lipinski definition) is 3. The zero-order valence-electron chi connectivity index (χ0n) is 15.8. The molecular weight excluding hydrogens is 300 g/mol. The van der Waals surface area contributed by atoms with Crippen LogP contribution < -0.4 is 5.73 Å². The van der Waals surface area contributed by atoms with E-state index in [0.29, 0.717) is 5.54 Å². The van der Waals surface area contributed by atoms with Crippen LogP contribution in [0.1, 0.15) is 65.5 Å². The van der Waals surface area contributed by atoms with Crippen molar-refractivity contribution in [1.29, 1.82) is 0 Å². The first-order chi connectivity index (χ1) is 11.1. The van der Waals surface area contributed by atoms with Gasteiger partial charge in [-0.2, -0.15) is 0 Å². The molecule has 0 saturated carbocycles. The summed E-state index contributed by atoms with van der Waals surface area (Å²) in [5.41, 5.74) is 8.17. The average Bonchev–Trinajstić information content (AvgIpc) is 2.81. The molecule has 0 bridgehead atoms. The molecule has 1 aromatic rings. The highest BCUT2D eigenvalue weighted by Crippen LogP contribution is 2.40. The fraction of sp³-hybridized carbons (Fsp3) is 0.650. The summed E-state index contributed by atoms with van der Waals surface area (Å²) >= 11 is 0. The molecule has 0 spiro atoms. The van der Waals surface area contributed by atoms with Crippen LogP contribution in [0.2, 0.25) is 0 Å². The minimum atomic E-state index is -0.250. The van der Waals surface area contributed by atoms with Crippen molar-refractivity contribution < 1.29 is 9.90 Å². The fourth-order valence-electron chi connectivity index (χ4n) is 4.04. The summed E-state index contributed by atoms with van der Waals surface area (Å²) in [4.78, 5) is 11.0. The van der Waals surface area contributed by atoms with E-state index in [4.69, 9.17) is 15.6 Å². The van der Waals surface area contributed by atoms with Gasteiger partial charge in [0.05, 0.1) is 0 Å². The second-order valence-electron chi connectivity index (χ2n) is 8.36. The molecular formula is C20H34N2O2.